The van der Waals surface area contributed by atoms with Crippen LogP contribution in [0.1, 0.15) is 52.0 Å². The van der Waals surface area contributed by atoms with Gasteiger partial charge in [-0.3, -0.25) is 0 Å². The van der Waals surface area contributed by atoms with Gasteiger partial charge in [-0.2, -0.15) is 0 Å². The Hall–Kier alpha value is -1.28. The molecule has 1 aliphatic carbocycles. The molecule has 1 fully saturated rings. The van der Waals surface area contributed by atoms with E-state index in [1.165, 1.54) is 25.7 Å². The fraction of sp³-hybridized carbons (Fsp3) is 0.556. The van der Waals surface area contributed by atoms with E-state index in [0.717, 1.165) is 16.9 Å². The summed E-state index contributed by atoms with van der Waals surface area (Å²) in [5.41, 5.74) is 2.22. The third-order valence-electron chi connectivity index (χ3n) is 3.77. The van der Waals surface area contributed by atoms with Crippen molar-refractivity contribution in [3.63, 3.8) is 0 Å². The van der Waals surface area contributed by atoms with Crippen LogP contribution < -0.4 is 4.74 Å². The van der Waals surface area contributed by atoms with Crippen LogP contribution in [0.25, 0.3) is 5.57 Å². The molecule has 2 nitrogen and oxygen atoms in total. The van der Waals surface area contributed by atoms with E-state index in [4.69, 9.17) is 9.47 Å². The number of allylic oxidation sites excluding steroid dienone is 1. The summed E-state index contributed by atoms with van der Waals surface area (Å²) in [4.78, 5) is 0. The minimum atomic E-state index is -0.159. The highest BCUT2D eigenvalue weighted by atomic mass is 16.7. The second kappa shape index (κ2) is 6.94. The number of hydrogen-bond donors (Lipinski definition) is 0. The highest BCUT2D eigenvalue weighted by Crippen LogP contribution is 2.26. The molecule has 0 aromatic heterocycles. The number of rotatable bonds is 6. The molecule has 1 aromatic carbocycles. The zero-order valence-corrected chi connectivity index (χ0v) is 12.9. The lowest BCUT2D eigenvalue weighted by Gasteiger charge is -2.26. The van der Waals surface area contributed by atoms with Crippen molar-refractivity contribution in [2.45, 2.75) is 58.8 Å². The van der Waals surface area contributed by atoms with Gasteiger partial charge < -0.3 is 9.47 Å². The van der Waals surface area contributed by atoms with Gasteiger partial charge in [-0.15, -0.1) is 0 Å². The first-order valence-electron chi connectivity index (χ1n) is 7.64. The van der Waals surface area contributed by atoms with E-state index in [2.05, 4.69) is 20.4 Å². The van der Waals surface area contributed by atoms with Crippen molar-refractivity contribution in [1.29, 1.82) is 0 Å². The Morgan fingerprint density at radius 1 is 1.15 bits per heavy atom. The van der Waals surface area contributed by atoms with Crippen molar-refractivity contribution >= 4 is 5.57 Å². The molecule has 1 atom stereocenters. The summed E-state index contributed by atoms with van der Waals surface area (Å²) in [7, 11) is 0. The summed E-state index contributed by atoms with van der Waals surface area (Å²) in [6, 6.07) is 8.09. The summed E-state index contributed by atoms with van der Waals surface area (Å²) < 4.78 is 12.1. The first-order chi connectivity index (χ1) is 9.56. The van der Waals surface area contributed by atoms with Crippen LogP contribution in [0.3, 0.4) is 0 Å². The second-order valence-corrected chi connectivity index (χ2v) is 6.08. The Labute approximate surface area is 122 Å². The van der Waals surface area contributed by atoms with Gasteiger partial charge in [0, 0.05) is 5.92 Å². The molecule has 0 aliphatic heterocycles. The van der Waals surface area contributed by atoms with Crippen LogP contribution in [0.15, 0.2) is 30.8 Å². The topological polar surface area (TPSA) is 18.5 Å². The smallest absolute Gasteiger partial charge is 0.202 e. The van der Waals surface area contributed by atoms with Gasteiger partial charge in [0.25, 0.3) is 0 Å². The van der Waals surface area contributed by atoms with E-state index in [1.54, 1.807) is 0 Å². The SMILES string of the molecule is C=C(C)c1ccc(OC(OC2CCCC2)C(C)C)cc1. The van der Waals surface area contributed by atoms with E-state index >= 15 is 0 Å². The van der Waals surface area contributed by atoms with Gasteiger partial charge in [0.1, 0.15) is 5.75 Å². The van der Waals surface area contributed by atoms with Crippen LogP contribution in [-0.2, 0) is 4.74 Å². The lowest BCUT2D eigenvalue weighted by molar-refractivity contribution is -0.140. The highest BCUT2D eigenvalue weighted by molar-refractivity contribution is 5.61. The molecule has 20 heavy (non-hydrogen) atoms. The van der Waals surface area contributed by atoms with E-state index in [-0.39, 0.29) is 6.29 Å². The molecule has 0 spiro atoms. The van der Waals surface area contributed by atoms with Crippen LogP contribution in [-0.4, -0.2) is 12.4 Å². The molecule has 0 N–H and O–H groups in total. The van der Waals surface area contributed by atoms with Gasteiger partial charge in [-0.05, 0) is 37.5 Å². The fourth-order valence-corrected chi connectivity index (χ4v) is 2.49. The zero-order chi connectivity index (χ0) is 14.5. The molecule has 1 aromatic rings. The van der Waals surface area contributed by atoms with E-state index in [9.17, 15) is 0 Å². The summed E-state index contributed by atoms with van der Waals surface area (Å²) in [5.74, 6) is 1.21. The lowest BCUT2D eigenvalue weighted by Crippen LogP contribution is -2.30. The summed E-state index contributed by atoms with van der Waals surface area (Å²) in [6.07, 6.45) is 5.11. The van der Waals surface area contributed by atoms with Crippen LogP contribution in [0, 0.1) is 5.92 Å². The van der Waals surface area contributed by atoms with Gasteiger partial charge >= 0.3 is 0 Å². The zero-order valence-electron chi connectivity index (χ0n) is 12.9. The largest absolute Gasteiger partial charge is 0.465 e. The number of benzene rings is 1. The summed E-state index contributed by atoms with van der Waals surface area (Å²) in [6.45, 7) is 10.2. The maximum absolute atomic E-state index is 6.11. The monoisotopic (exact) mass is 274 g/mol. The minimum Gasteiger partial charge on any atom is -0.465 e. The molecular weight excluding hydrogens is 248 g/mol. The molecule has 0 bridgehead atoms. The van der Waals surface area contributed by atoms with Crippen molar-refractivity contribution in [2.75, 3.05) is 0 Å². The standard InChI is InChI=1S/C18H26O2/c1-13(2)15-9-11-17(12-10-15)20-18(14(3)4)19-16-7-5-6-8-16/h9-12,14,16,18H,1,5-8H2,2-4H3. The van der Waals surface area contributed by atoms with Crippen LogP contribution in [0.4, 0.5) is 0 Å². The number of ether oxygens (including phenoxy) is 2. The predicted molar refractivity (Wildman–Crippen MR) is 83.7 cm³/mol. The van der Waals surface area contributed by atoms with Crippen LogP contribution in [0.2, 0.25) is 0 Å². The Morgan fingerprint density at radius 3 is 2.25 bits per heavy atom. The van der Waals surface area contributed by atoms with Crippen molar-refractivity contribution in [3.8, 4) is 5.75 Å². The van der Waals surface area contributed by atoms with Crippen LogP contribution >= 0.6 is 0 Å². The molecule has 1 unspecified atom stereocenters. The second-order valence-electron chi connectivity index (χ2n) is 6.08. The molecule has 0 radical (unpaired) electrons. The average molecular weight is 274 g/mol. The maximum Gasteiger partial charge on any atom is 0.202 e. The van der Waals surface area contributed by atoms with Crippen LogP contribution in [0.5, 0.6) is 5.75 Å². The highest BCUT2D eigenvalue weighted by Gasteiger charge is 2.23. The first-order valence-corrected chi connectivity index (χ1v) is 7.64. The lowest BCUT2D eigenvalue weighted by atomic mass is 10.1. The normalized spacial score (nSPS) is 17.4. The minimum absolute atomic E-state index is 0.159. The van der Waals surface area contributed by atoms with E-state index < -0.39 is 0 Å². The molecule has 110 valence electrons. The molecule has 1 saturated carbocycles. The Morgan fingerprint density at radius 2 is 1.75 bits per heavy atom. The van der Waals surface area contributed by atoms with Crippen molar-refractivity contribution in [2.24, 2.45) is 5.92 Å². The molecule has 1 aliphatic rings. The Kier molecular flexibility index (Phi) is 5.24. The van der Waals surface area contributed by atoms with Crippen molar-refractivity contribution in [1.82, 2.24) is 0 Å². The quantitative estimate of drug-likeness (QED) is 0.677. The summed E-state index contributed by atoms with van der Waals surface area (Å²) in [5, 5.41) is 0. The number of hydrogen-bond acceptors (Lipinski definition) is 2. The van der Waals surface area contributed by atoms with Gasteiger partial charge in [0.2, 0.25) is 6.29 Å². The molecule has 0 heterocycles. The Bertz CT molecular complexity index is 427. The molecule has 2 rings (SSSR count). The Balaban J connectivity index is 1.97. The maximum atomic E-state index is 6.11. The molecule has 0 saturated heterocycles. The third kappa shape index (κ3) is 4.11. The fourth-order valence-electron chi connectivity index (χ4n) is 2.49. The summed E-state index contributed by atoms with van der Waals surface area (Å²) >= 11 is 0. The van der Waals surface area contributed by atoms with E-state index in [1.807, 2.05) is 31.2 Å². The first kappa shape index (κ1) is 15.1. The molecule has 0 amide bonds. The van der Waals surface area contributed by atoms with Crippen molar-refractivity contribution < 1.29 is 9.47 Å². The molecular formula is C18H26O2. The molecule has 2 heteroatoms. The average Bonchev–Trinajstić information content (AvgIpc) is 2.91. The van der Waals surface area contributed by atoms with Gasteiger partial charge in [0.15, 0.2) is 0 Å². The van der Waals surface area contributed by atoms with Gasteiger partial charge in [-0.25, -0.2) is 0 Å². The van der Waals surface area contributed by atoms with E-state index in [0.29, 0.717) is 12.0 Å². The predicted octanol–water partition coefficient (Wildman–Crippen LogP) is 5.04. The van der Waals surface area contributed by atoms with Gasteiger partial charge in [-0.1, -0.05) is 51.0 Å². The third-order valence-corrected chi connectivity index (χ3v) is 3.77. The van der Waals surface area contributed by atoms with Crippen molar-refractivity contribution in [3.05, 3.63) is 36.4 Å². The van der Waals surface area contributed by atoms with Gasteiger partial charge in [0.05, 0.1) is 6.10 Å².